The third kappa shape index (κ3) is 3.12. The molecule has 3 N–H and O–H groups in total. The summed E-state index contributed by atoms with van der Waals surface area (Å²) in [6.45, 7) is 0. The predicted octanol–water partition coefficient (Wildman–Crippen LogP) is 1.95. The van der Waals surface area contributed by atoms with Crippen molar-refractivity contribution < 1.29 is 14.8 Å². The Hall–Kier alpha value is -1.88. The van der Waals surface area contributed by atoms with Crippen molar-refractivity contribution in [3.8, 4) is 0 Å². The summed E-state index contributed by atoms with van der Waals surface area (Å²) in [7, 11) is 0. The fourth-order valence-corrected chi connectivity index (χ4v) is 2.40. The largest absolute Gasteiger partial charge is 0.366 e. The topological polar surface area (TPSA) is 83.6 Å². The Labute approximate surface area is 112 Å². The number of nitrogens with two attached hydrogens (primary N) is 1. The van der Waals surface area contributed by atoms with Crippen LogP contribution < -0.4 is 5.73 Å². The molecule has 0 saturated heterocycles. The summed E-state index contributed by atoms with van der Waals surface area (Å²) in [5, 5.41) is 10.8. The Morgan fingerprint density at radius 2 is 1.58 bits per heavy atom. The van der Waals surface area contributed by atoms with E-state index in [1.54, 1.807) is 0 Å². The predicted molar refractivity (Wildman–Crippen MR) is 69.8 cm³/mol. The number of hydrogen-bond acceptors (Lipinski definition) is 3. The van der Waals surface area contributed by atoms with E-state index in [1.165, 1.54) is 24.3 Å². The zero-order valence-corrected chi connectivity index (χ0v) is 10.7. The number of carbonyl (C=O) groups is 2. The second-order valence-electron chi connectivity index (χ2n) is 4.88. The molecule has 0 unspecified atom stereocenters. The highest BCUT2D eigenvalue weighted by Gasteiger charge is 2.24. The zero-order chi connectivity index (χ0) is 13.8. The second kappa shape index (κ2) is 5.84. The quantitative estimate of drug-likeness (QED) is 0.645. The molecule has 1 aromatic rings. The van der Waals surface area contributed by atoms with Crippen LogP contribution in [-0.2, 0) is 0 Å². The number of carbonyl (C=O) groups excluding carboxylic acids is 2. The van der Waals surface area contributed by atoms with Crippen LogP contribution in [0.3, 0.4) is 0 Å². The van der Waals surface area contributed by atoms with Gasteiger partial charge in [0.25, 0.3) is 5.91 Å². The van der Waals surface area contributed by atoms with E-state index in [0.717, 1.165) is 37.2 Å². The van der Waals surface area contributed by atoms with Crippen LogP contribution in [0.15, 0.2) is 24.3 Å². The minimum atomic E-state index is -0.535. The molecule has 0 aliphatic heterocycles. The molecule has 0 spiro atoms. The summed E-state index contributed by atoms with van der Waals surface area (Å²) in [4.78, 5) is 23.0. The molecule has 1 fully saturated rings. The standard InChI is InChI=1S/C14H18N2O3/c15-13(17)10-6-8-11(9-7-10)14(18)16(19)12-4-2-1-3-5-12/h6-9,12,19H,1-5H2,(H2,15,17). The van der Waals surface area contributed by atoms with Crippen molar-refractivity contribution in [3.63, 3.8) is 0 Å². The minimum Gasteiger partial charge on any atom is -0.366 e. The van der Waals surface area contributed by atoms with E-state index < -0.39 is 11.8 Å². The summed E-state index contributed by atoms with van der Waals surface area (Å²) in [6, 6.07) is 5.90. The summed E-state index contributed by atoms with van der Waals surface area (Å²) in [5.41, 5.74) is 5.84. The van der Waals surface area contributed by atoms with Crippen LogP contribution in [0.2, 0.25) is 0 Å². The van der Waals surface area contributed by atoms with Gasteiger partial charge in [0.1, 0.15) is 0 Å². The molecular weight excluding hydrogens is 244 g/mol. The molecule has 0 atom stereocenters. The van der Waals surface area contributed by atoms with Crippen molar-refractivity contribution in [2.45, 2.75) is 38.1 Å². The average molecular weight is 262 g/mol. The Kier molecular flexibility index (Phi) is 4.16. The van der Waals surface area contributed by atoms with E-state index in [1.807, 2.05) is 0 Å². The molecule has 5 heteroatoms. The van der Waals surface area contributed by atoms with Crippen molar-refractivity contribution in [2.24, 2.45) is 5.73 Å². The first kappa shape index (κ1) is 13.5. The molecule has 1 aromatic carbocycles. The molecule has 1 aliphatic rings. The van der Waals surface area contributed by atoms with Crippen molar-refractivity contribution in [2.75, 3.05) is 0 Å². The number of amides is 2. The van der Waals surface area contributed by atoms with Crippen LogP contribution in [-0.4, -0.2) is 28.1 Å². The van der Waals surface area contributed by atoms with Crippen LogP contribution in [0, 0.1) is 0 Å². The summed E-state index contributed by atoms with van der Waals surface area (Å²) >= 11 is 0. The number of rotatable bonds is 3. The maximum Gasteiger partial charge on any atom is 0.277 e. The molecular formula is C14H18N2O3. The van der Waals surface area contributed by atoms with Crippen LogP contribution in [0.5, 0.6) is 0 Å². The van der Waals surface area contributed by atoms with Gasteiger partial charge < -0.3 is 5.73 Å². The van der Waals surface area contributed by atoms with E-state index in [4.69, 9.17) is 5.73 Å². The van der Waals surface area contributed by atoms with Gasteiger partial charge in [0, 0.05) is 11.1 Å². The zero-order valence-electron chi connectivity index (χ0n) is 10.7. The number of benzene rings is 1. The molecule has 0 heterocycles. The first-order valence-corrected chi connectivity index (χ1v) is 6.52. The monoisotopic (exact) mass is 262 g/mol. The average Bonchev–Trinajstić information content (AvgIpc) is 2.46. The van der Waals surface area contributed by atoms with E-state index in [9.17, 15) is 14.8 Å². The van der Waals surface area contributed by atoms with Crippen LogP contribution in [0.4, 0.5) is 0 Å². The van der Waals surface area contributed by atoms with Crippen molar-refractivity contribution in [3.05, 3.63) is 35.4 Å². The van der Waals surface area contributed by atoms with Crippen LogP contribution >= 0.6 is 0 Å². The maximum absolute atomic E-state index is 12.1. The van der Waals surface area contributed by atoms with Gasteiger partial charge in [0.05, 0.1) is 6.04 Å². The number of hydrogen-bond donors (Lipinski definition) is 2. The molecule has 0 radical (unpaired) electrons. The second-order valence-corrected chi connectivity index (χ2v) is 4.88. The number of nitrogens with zero attached hydrogens (tertiary/aromatic N) is 1. The summed E-state index contributed by atoms with van der Waals surface area (Å²) < 4.78 is 0. The Balaban J connectivity index is 2.07. The van der Waals surface area contributed by atoms with Crippen LogP contribution in [0.25, 0.3) is 0 Å². The van der Waals surface area contributed by atoms with Gasteiger partial charge >= 0.3 is 0 Å². The molecule has 1 saturated carbocycles. The smallest absolute Gasteiger partial charge is 0.277 e. The van der Waals surface area contributed by atoms with Crippen molar-refractivity contribution in [1.29, 1.82) is 0 Å². The van der Waals surface area contributed by atoms with E-state index >= 15 is 0 Å². The SMILES string of the molecule is NC(=O)c1ccc(C(=O)N(O)C2CCCCC2)cc1. The molecule has 2 amide bonds. The highest BCUT2D eigenvalue weighted by molar-refractivity contribution is 5.96. The highest BCUT2D eigenvalue weighted by Crippen LogP contribution is 2.22. The van der Waals surface area contributed by atoms with Crippen molar-refractivity contribution in [1.82, 2.24) is 5.06 Å². The van der Waals surface area contributed by atoms with Gasteiger partial charge in [-0.2, -0.15) is 0 Å². The van der Waals surface area contributed by atoms with Crippen LogP contribution in [0.1, 0.15) is 52.8 Å². The molecule has 1 aliphatic carbocycles. The lowest BCUT2D eigenvalue weighted by Gasteiger charge is -2.29. The van der Waals surface area contributed by atoms with Gasteiger partial charge in [-0.05, 0) is 37.1 Å². The normalized spacial score (nSPS) is 16.1. The Morgan fingerprint density at radius 3 is 2.11 bits per heavy atom. The molecule has 0 aromatic heterocycles. The molecule has 2 rings (SSSR count). The third-order valence-corrected chi connectivity index (χ3v) is 3.55. The first-order valence-electron chi connectivity index (χ1n) is 6.52. The van der Waals surface area contributed by atoms with E-state index in [2.05, 4.69) is 0 Å². The highest BCUT2D eigenvalue weighted by atomic mass is 16.5. The van der Waals surface area contributed by atoms with Crippen molar-refractivity contribution >= 4 is 11.8 Å². The Bertz CT molecular complexity index is 464. The first-order chi connectivity index (χ1) is 9.09. The molecule has 5 nitrogen and oxygen atoms in total. The van der Waals surface area contributed by atoms with Gasteiger partial charge in [-0.15, -0.1) is 0 Å². The molecule has 102 valence electrons. The van der Waals surface area contributed by atoms with Gasteiger partial charge in [-0.3, -0.25) is 14.8 Å². The van der Waals surface area contributed by atoms with Gasteiger partial charge in [-0.25, -0.2) is 5.06 Å². The van der Waals surface area contributed by atoms with E-state index in [0.29, 0.717) is 11.1 Å². The lowest BCUT2D eigenvalue weighted by atomic mass is 9.95. The Morgan fingerprint density at radius 1 is 1.05 bits per heavy atom. The van der Waals surface area contributed by atoms with Gasteiger partial charge in [-0.1, -0.05) is 19.3 Å². The maximum atomic E-state index is 12.1. The van der Waals surface area contributed by atoms with E-state index in [-0.39, 0.29) is 6.04 Å². The fraction of sp³-hybridized carbons (Fsp3) is 0.429. The van der Waals surface area contributed by atoms with Gasteiger partial charge in [0.2, 0.25) is 5.91 Å². The summed E-state index contributed by atoms with van der Waals surface area (Å²) in [5.74, 6) is -0.963. The lowest BCUT2D eigenvalue weighted by molar-refractivity contribution is -0.0963. The number of primary amides is 1. The minimum absolute atomic E-state index is 0.0999. The lowest BCUT2D eigenvalue weighted by Crippen LogP contribution is -2.38. The molecule has 19 heavy (non-hydrogen) atoms. The third-order valence-electron chi connectivity index (χ3n) is 3.55. The van der Waals surface area contributed by atoms with Gasteiger partial charge in [0.15, 0.2) is 0 Å². The fourth-order valence-electron chi connectivity index (χ4n) is 2.40. The molecule has 0 bridgehead atoms. The summed E-state index contributed by atoms with van der Waals surface area (Å²) in [6.07, 6.45) is 4.90. The number of hydroxylamine groups is 2.